The average molecular weight is 418 g/mol. The first kappa shape index (κ1) is 18.6. The summed E-state index contributed by atoms with van der Waals surface area (Å²) >= 11 is 0. The number of nitrogens with zero attached hydrogens (tertiary/aromatic N) is 5. The molecule has 11 heteroatoms. The summed E-state index contributed by atoms with van der Waals surface area (Å²) in [6.45, 7) is -1.32. The van der Waals surface area contributed by atoms with Gasteiger partial charge in [0.2, 0.25) is 5.88 Å². The standard InChI is InChI=1S/C19H17F3N6O2/c20-11-6-12-14-2-1-4-27(14)15-3-5-28-16(26-15)13(8-25-28)17(29)24-9-19(21,22)10-30-18(12)23-7-11/h3,5-8,14H,1-2,4,9-10H2,(H,24,29)/t14-/m1/s1. The molecular weight excluding hydrogens is 401 g/mol. The second-order valence-corrected chi connectivity index (χ2v) is 7.34. The van der Waals surface area contributed by atoms with E-state index in [1.807, 2.05) is 4.90 Å². The third kappa shape index (κ3) is 3.19. The molecule has 5 heterocycles. The zero-order valence-electron chi connectivity index (χ0n) is 15.7. The van der Waals surface area contributed by atoms with Crippen molar-refractivity contribution in [3.05, 3.63) is 47.7 Å². The highest BCUT2D eigenvalue weighted by Gasteiger charge is 2.35. The first-order valence-electron chi connectivity index (χ1n) is 9.47. The van der Waals surface area contributed by atoms with Crippen molar-refractivity contribution in [1.82, 2.24) is 24.9 Å². The lowest BCUT2D eigenvalue weighted by Crippen LogP contribution is -2.41. The number of fused-ring (bicyclic) bond motifs is 5. The van der Waals surface area contributed by atoms with Crippen LogP contribution in [-0.4, -0.2) is 51.1 Å². The number of pyridine rings is 1. The third-order valence-electron chi connectivity index (χ3n) is 5.28. The molecule has 2 aliphatic heterocycles. The number of rotatable bonds is 0. The van der Waals surface area contributed by atoms with Gasteiger partial charge in [-0.2, -0.15) is 5.10 Å². The minimum absolute atomic E-state index is 0.0533. The van der Waals surface area contributed by atoms with Gasteiger partial charge in [-0.15, -0.1) is 0 Å². The lowest BCUT2D eigenvalue weighted by atomic mass is 10.1. The molecule has 1 fully saturated rings. The quantitative estimate of drug-likeness (QED) is 0.604. The molecule has 3 aromatic rings. The first-order chi connectivity index (χ1) is 14.4. The fraction of sp³-hybridized carbons (Fsp3) is 0.368. The second-order valence-electron chi connectivity index (χ2n) is 7.34. The van der Waals surface area contributed by atoms with Gasteiger partial charge in [0.1, 0.15) is 17.2 Å². The maximum Gasteiger partial charge on any atom is 0.298 e. The van der Waals surface area contributed by atoms with Crippen molar-refractivity contribution in [3.8, 4) is 5.88 Å². The zero-order valence-corrected chi connectivity index (χ0v) is 15.7. The number of anilines is 1. The molecule has 1 amide bonds. The molecule has 30 heavy (non-hydrogen) atoms. The number of hydrogen-bond acceptors (Lipinski definition) is 6. The van der Waals surface area contributed by atoms with Crippen LogP contribution in [0.2, 0.25) is 0 Å². The molecule has 0 saturated carbocycles. The number of nitrogens with one attached hydrogen (secondary N) is 1. The highest BCUT2D eigenvalue weighted by Crippen LogP contribution is 2.39. The average Bonchev–Trinajstić information content (AvgIpc) is 3.37. The van der Waals surface area contributed by atoms with E-state index in [0.29, 0.717) is 24.3 Å². The summed E-state index contributed by atoms with van der Waals surface area (Å²) in [5, 5.41) is 6.28. The Balaban J connectivity index is 1.67. The summed E-state index contributed by atoms with van der Waals surface area (Å²) in [6, 6.07) is 2.66. The van der Waals surface area contributed by atoms with Crippen molar-refractivity contribution in [2.45, 2.75) is 24.8 Å². The molecule has 0 spiro atoms. The molecule has 0 aromatic carbocycles. The van der Waals surface area contributed by atoms with Crippen LogP contribution in [0, 0.1) is 5.82 Å². The van der Waals surface area contributed by atoms with Crippen LogP contribution in [0.15, 0.2) is 30.7 Å². The minimum atomic E-state index is -3.36. The Morgan fingerprint density at radius 1 is 1.30 bits per heavy atom. The van der Waals surface area contributed by atoms with E-state index in [1.165, 1.54) is 16.8 Å². The van der Waals surface area contributed by atoms with Crippen LogP contribution >= 0.6 is 0 Å². The molecule has 3 aromatic heterocycles. The summed E-state index contributed by atoms with van der Waals surface area (Å²) in [5.41, 5.74) is 0.735. The number of aromatic nitrogens is 4. The molecule has 1 N–H and O–H groups in total. The molecule has 1 saturated heterocycles. The predicted molar refractivity (Wildman–Crippen MR) is 99.3 cm³/mol. The Kier molecular flexibility index (Phi) is 4.26. The summed E-state index contributed by atoms with van der Waals surface area (Å²) in [6.07, 6.45) is 5.31. The van der Waals surface area contributed by atoms with Crippen molar-refractivity contribution in [3.63, 3.8) is 0 Å². The Bertz CT molecular complexity index is 1130. The number of amides is 1. The number of hydrogen-bond donors (Lipinski definition) is 1. The van der Waals surface area contributed by atoms with E-state index in [2.05, 4.69) is 20.4 Å². The predicted octanol–water partition coefficient (Wildman–Crippen LogP) is 2.36. The Labute approximate surface area is 168 Å². The van der Waals surface area contributed by atoms with E-state index >= 15 is 0 Å². The molecule has 1 atom stereocenters. The van der Waals surface area contributed by atoms with Gasteiger partial charge in [0.05, 0.1) is 25.0 Å². The fourth-order valence-corrected chi connectivity index (χ4v) is 3.88. The van der Waals surface area contributed by atoms with Gasteiger partial charge in [-0.3, -0.25) is 4.79 Å². The Hall–Kier alpha value is -3.37. The molecule has 8 nitrogen and oxygen atoms in total. The van der Waals surface area contributed by atoms with Crippen molar-refractivity contribution in [2.24, 2.45) is 0 Å². The SMILES string of the molecule is O=C1NCC(F)(F)COc2ncc(F)cc2[C@H]2CCCN2c2ccn3ncc1c3n2. The van der Waals surface area contributed by atoms with Crippen molar-refractivity contribution < 1.29 is 22.7 Å². The monoisotopic (exact) mass is 418 g/mol. The number of carbonyl (C=O) groups excluding carboxylic acids is 1. The van der Waals surface area contributed by atoms with Crippen molar-refractivity contribution in [2.75, 3.05) is 24.6 Å². The van der Waals surface area contributed by atoms with Gasteiger partial charge in [-0.25, -0.2) is 27.7 Å². The number of alkyl halides is 2. The van der Waals surface area contributed by atoms with Crippen LogP contribution in [0.1, 0.15) is 34.8 Å². The first-order valence-corrected chi connectivity index (χ1v) is 9.47. The van der Waals surface area contributed by atoms with E-state index in [9.17, 15) is 18.0 Å². The van der Waals surface area contributed by atoms with Gasteiger partial charge in [-0.05, 0) is 25.0 Å². The number of carbonyl (C=O) groups is 1. The van der Waals surface area contributed by atoms with Crippen LogP contribution in [-0.2, 0) is 0 Å². The fourth-order valence-electron chi connectivity index (χ4n) is 3.88. The topological polar surface area (TPSA) is 84.7 Å². The molecule has 0 aliphatic carbocycles. The molecule has 2 aliphatic rings. The molecule has 5 rings (SSSR count). The summed E-state index contributed by atoms with van der Waals surface area (Å²) in [7, 11) is 0. The maximum absolute atomic E-state index is 14.3. The normalized spacial score (nSPS) is 21.0. The highest BCUT2D eigenvalue weighted by atomic mass is 19.3. The molecule has 2 bridgehead atoms. The lowest BCUT2D eigenvalue weighted by molar-refractivity contribution is -0.0391. The second kappa shape index (κ2) is 6.85. The maximum atomic E-state index is 14.3. The minimum Gasteiger partial charge on any atom is -0.471 e. The Morgan fingerprint density at radius 2 is 2.17 bits per heavy atom. The Morgan fingerprint density at radius 3 is 3.03 bits per heavy atom. The zero-order chi connectivity index (χ0) is 20.9. The number of halogens is 3. The van der Waals surface area contributed by atoms with Crippen LogP contribution in [0.5, 0.6) is 5.88 Å². The van der Waals surface area contributed by atoms with E-state index in [4.69, 9.17) is 4.74 Å². The van der Waals surface area contributed by atoms with Gasteiger partial charge < -0.3 is 15.0 Å². The van der Waals surface area contributed by atoms with E-state index in [-0.39, 0.29) is 23.1 Å². The van der Waals surface area contributed by atoms with Crippen LogP contribution in [0.3, 0.4) is 0 Å². The molecule has 156 valence electrons. The van der Waals surface area contributed by atoms with E-state index < -0.39 is 30.8 Å². The van der Waals surface area contributed by atoms with E-state index in [1.54, 1.807) is 12.3 Å². The molecular formula is C19H17F3N6O2. The van der Waals surface area contributed by atoms with E-state index in [0.717, 1.165) is 12.6 Å². The van der Waals surface area contributed by atoms with Crippen LogP contribution < -0.4 is 15.0 Å². The highest BCUT2D eigenvalue weighted by molar-refractivity contribution is 5.99. The van der Waals surface area contributed by atoms with Crippen LogP contribution in [0.25, 0.3) is 5.65 Å². The van der Waals surface area contributed by atoms with Crippen molar-refractivity contribution in [1.29, 1.82) is 0 Å². The summed E-state index contributed by atoms with van der Waals surface area (Å²) < 4.78 is 49.4. The van der Waals surface area contributed by atoms with Gasteiger partial charge in [0.25, 0.3) is 11.8 Å². The van der Waals surface area contributed by atoms with Crippen molar-refractivity contribution >= 4 is 17.4 Å². The van der Waals surface area contributed by atoms with Gasteiger partial charge in [0, 0.05) is 18.3 Å². The molecule has 0 unspecified atom stereocenters. The van der Waals surface area contributed by atoms with Gasteiger partial charge in [0.15, 0.2) is 12.3 Å². The smallest absolute Gasteiger partial charge is 0.298 e. The van der Waals surface area contributed by atoms with Crippen LogP contribution in [0.4, 0.5) is 19.0 Å². The number of ether oxygens (including phenoxy) is 1. The summed E-state index contributed by atoms with van der Waals surface area (Å²) in [4.78, 5) is 22.9. The van der Waals surface area contributed by atoms with Gasteiger partial charge in [-0.1, -0.05) is 0 Å². The molecule has 0 radical (unpaired) electrons. The lowest BCUT2D eigenvalue weighted by Gasteiger charge is -2.28. The third-order valence-corrected chi connectivity index (χ3v) is 5.28. The largest absolute Gasteiger partial charge is 0.471 e. The summed E-state index contributed by atoms with van der Waals surface area (Å²) in [5.74, 6) is -4.13. The van der Waals surface area contributed by atoms with Gasteiger partial charge >= 0.3 is 0 Å².